The lowest BCUT2D eigenvalue weighted by atomic mass is 10.3. The van der Waals surface area contributed by atoms with Crippen LogP contribution in [0.5, 0.6) is 0 Å². The topological polar surface area (TPSA) is 41.5 Å². The van der Waals surface area contributed by atoms with Gasteiger partial charge < -0.3 is 0 Å². The number of nitrogens with zero attached hydrogens (tertiary/aromatic N) is 1. The van der Waals surface area contributed by atoms with Gasteiger partial charge in [-0.15, -0.1) is 0 Å². The van der Waals surface area contributed by atoms with E-state index in [9.17, 15) is 4.79 Å². The fraction of sp³-hybridized carbons (Fsp3) is 0.111. The van der Waals surface area contributed by atoms with Gasteiger partial charge in [0.2, 0.25) is 0 Å². The van der Waals surface area contributed by atoms with Crippen LogP contribution in [0.1, 0.15) is 6.92 Å². The molecule has 0 spiro atoms. The highest BCUT2D eigenvalue weighted by Crippen LogP contribution is 2.29. The van der Waals surface area contributed by atoms with Gasteiger partial charge in [-0.2, -0.15) is 5.10 Å². The summed E-state index contributed by atoms with van der Waals surface area (Å²) in [6, 6.07) is 4.99. The summed E-state index contributed by atoms with van der Waals surface area (Å²) in [5, 5.41) is 4.27. The molecule has 0 heterocycles. The average molecular weight is 266 g/mol. The van der Waals surface area contributed by atoms with E-state index >= 15 is 0 Å². The van der Waals surface area contributed by atoms with Gasteiger partial charge in [-0.3, -0.25) is 10.2 Å². The number of carbonyl (C=O) groups excluding carboxylic acids is 1. The van der Waals surface area contributed by atoms with Crippen LogP contribution in [-0.4, -0.2) is 11.0 Å². The third-order valence-corrected chi connectivity index (χ3v) is 2.50. The Hall–Kier alpha value is -0.770. The Kier molecular flexibility index (Phi) is 4.39. The Morgan fingerprint density at radius 2 is 1.87 bits per heavy atom. The Bertz CT molecular complexity index is 398. The fourth-order valence-electron chi connectivity index (χ4n) is 0.788. The molecule has 15 heavy (non-hydrogen) atoms. The first-order valence-electron chi connectivity index (χ1n) is 3.96. The highest BCUT2D eigenvalue weighted by atomic mass is 35.5. The highest BCUT2D eigenvalue weighted by Gasteiger charge is 2.05. The number of Topliss-reactive ketones (excluding diaryl/α,β-unsaturated/α-hetero) is 1. The number of hydrogen-bond acceptors (Lipinski definition) is 3. The van der Waals surface area contributed by atoms with Crippen molar-refractivity contribution in [2.75, 3.05) is 5.43 Å². The number of rotatable bonds is 3. The number of ketones is 1. The summed E-state index contributed by atoms with van der Waals surface area (Å²) in [5.74, 6) is -0.340. The van der Waals surface area contributed by atoms with Gasteiger partial charge in [-0.05, 0) is 12.1 Å². The van der Waals surface area contributed by atoms with E-state index in [0.29, 0.717) is 15.7 Å². The van der Waals surface area contributed by atoms with Crippen LogP contribution in [0.2, 0.25) is 10.0 Å². The van der Waals surface area contributed by atoms with Crippen molar-refractivity contribution in [1.29, 1.82) is 0 Å². The number of benzene rings is 1. The predicted molar refractivity (Wildman–Crippen MR) is 64.1 cm³/mol. The summed E-state index contributed by atoms with van der Waals surface area (Å²) in [6.07, 6.45) is 0. The van der Waals surface area contributed by atoms with Gasteiger partial charge in [0.15, 0.2) is 11.0 Å². The Labute approximate surface area is 102 Å². The maximum absolute atomic E-state index is 10.8. The van der Waals surface area contributed by atoms with Gasteiger partial charge >= 0.3 is 0 Å². The number of anilines is 1. The summed E-state index contributed by atoms with van der Waals surface area (Å²) < 4.78 is 0. The molecule has 0 saturated heterocycles. The zero-order chi connectivity index (χ0) is 11.4. The van der Waals surface area contributed by atoms with E-state index < -0.39 is 0 Å². The fourth-order valence-corrected chi connectivity index (χ4v) is 1.31. The van der Waals surface area contributed by atoms with Crippen LogP contribution in [-0.2, 0) is 4.79 Å². The van der Waals surface area contributed by atoms with Crippen LogP contribution in [0.25, 0.3) is 0 Å². The SMILES string of the molecule is CC(=O)C(Cl)=NNc1c(Cl)cccc1Cl. The molecular formula is C9H7Cl3N2O. The molecule has 3 nitrogen and oxygen atoms in total. The second kappa shape index (κ2) is 5.35. The molecule has 0 aromatic heterocycles. The second-order valence-corrected chi connectivity index (χ2v) is 3.84. The Morgan fingerprint density at radius 3 is 2.33 bits per heavy atom. The summed E-state index contributed by atoms with van der Waals surface area (Å²) in [6.45, 7) is 1.31. The molecule has 0 aliphatic heterocycles. The summed E-state index contributed by atoms with van der Waals surface area (Å²) in [4.78, 5) is 10.8. The zero-order valence-corrected chi connectivity index (χ0v) is 9.99. The van der Waals surface area contributed by atoms with E-state index in [4.69, 9.17) is 34.8 Å². The number of para-hydroxylation sites is 1. The van der Waals surface area contributed by atoms with Crippen molar-refractivity contribution in [3.05, 3.63) is 28.2 Å². The minimum Gasteiger partial charge on any atom is -0.292 e. The van der Waals surface area contributed by atoms with Gasteiger partial charge in [0.25, 0.3) is 0 Å². The number of nitrogens with one attached hydrogen (secondary N) is 1. The monoisotopic (exact) mass is 264 g/mol. The van der Waals surface area contributed by atoms with Crippen molar-refractivity contribution in [3.8, 4) is 0 Å². The van der Waals surface area contributed by atoms with E-state index in [2.05, 4.69) is 10.5 Å². The van der Waals surface area contributed by atoms with Crippen molar-refractivity contribution >= 4 is 51.4 Å². The van der Waals surface area contributed by atoms with Crippen LogP contribution in [0.4, 0.5) is 5.69 Å². The van der Waals surface area contributed by atoms with Gasteiger partial charge in [-0.1, -0.05) is 40.9 Å². The summed E-state index contributed by atoms with van der Waals surface area (Å²) >= 11 is 17.2. The van der Waals surface area contributed by atoms with Crippen LogP contribution in [0, 0.1) is 0 Å². The summed E-state index contributed by atoms with van der Waals surface area (Å²) in [7, 11) is 0. The molecule has 6 heteroatoms. The standard InChI is InChI=1S/C9H7Cl3N2O/c1-5(15)9(12)14-13-8-6(10)3-2-4-7(8)11/h2-4,13H,1H3. The van der Waals surface area contributed by atoms with E-state index in [1.165, 1.54) is 6.92 Å². The van der Waals surface area contributed by atoms with Crippen molar-refractivity contribution in [2.24, 2.45) is 5.10 Å². The number of carbonyl (C=O) groups is 1. The van der Waals surface area contributed by atoms with Crippen molar-refractivity contribution < 1.29 is 4.79 Å². The van der Waals surface area contributed by atoms with Crippen LogP contribution >= 0.6 is 34.8 Å². The van der Waals surface area contributed by atoms with Crippen molar-refractivity contribution in [3.63, 3.8) is 0 Å². The molecule has 0 aliphatic rings. The molecule has 0 unspecified atom stereocenters. The molecule has 0 fully saturated rings. The number of hydrogen-bond donors (Lipinski definition) is 1. The molecule has 0 atom stereocenters. The minimum absolute atomic E-state index is 0.161. The molecule has 1 aromatic carbocycles. The quantitative estimate of drug-likeness (QED) is 0.671. The molecular weight excluding hydrogens is 258 g/mol. The Balaban J connectivity index is 2.91. The third kappa shape index (κ3) is 3.38. The molecule has 0 bridgehead atoms. The molecule has 1 aromatic rings. The van der Waals surface area contributed by atoms with E-state index in [-0.39, 0.29) is 11.0 Å². The minimum atomic E-state index is -0.340. The van der Waals surface area contributed by atoms with Crippen LogP contribution in [0.15, 0.2) is 23.3 Å². The maximum Gasteiger partial charge on any atom is 0.191 e. The first-order valence-corrected chi connectivity index (χ1v) is 5.10. The molecule has 1 rings (SSSR count). The lowest BCUT2D eigenvalue weighted by molar-refractivity contribution is -0.110. The molecule has 0 amide bonds. The number of halogens is 3. The number of hydrazone groups is 1. The molecule has 0 radical (unpaired) electrons. The van der Waals surface area contributed by atoms with Crippen molar-refractivity contribution in [1.82, 2.24) is 0 Å². The second-order valence-electron chi connectivity index (χ2n) is 2.67. The largest absolute Gasteiger partial charge is 0.292 e. The summed E-state index contributed by atoms with van der Waals surface area (Å²) in [5.41, 5.74) is 2.95. The van der Waals surface area contributed by atoms with Gasteiger partial charge in [0.1, 0.15) is 0 Å². The Morgan fingerprint density at radius 1 is 1.33 bits per heavy atom. The first kappa shape index (κ1) is 12.3. The average Bonchev–Trinajstić information content (AvgIpc) is 2.16. The smallest absolute Gasteiger partial charge is 0.191 e. The maximum atomic E-state index is 10.8. The highest BCUT2D eigenvalue weighted by molar-refractivity contribution is 6.82. The lowest BCUT2D eigenvalue weighted by Gasteiger charge is -2.05. The van der Waals surface area contributed by atoms with E-state index in [1.807, 2.05) is 0 Å². The molecule has 1 N–H and O–H groups in total. The predicted octanol–water partition coefficient (Wildman–Crippen LogP) is 3.55. The van der Waals surface area contributed by atoms with Crippen LogP contribution in [0.3, 0.4) is 0 Å². The van der Waals surface area contributed by atoms with E-state index in [0.717, 1.165) is 0 Å². The normalized spacial score (nSPS) is 11.3. The molecule has 80 valence electrons. The molecule has 0 saturated carbocycles. The zero-order valence-electron chi connectivity index (χ0n) is 7.72. The van der Waals surface area contributed by atoms with Crippen LogP contribution < -0.4 is 5.43 Å². The van der Waals surface area contributed by atoms with Crippen molar-refractivity contribution in [2.45, 2.75) is 6.92 Å². The van der Waals surface area contributed by atoms with E-state index in [1.54, 1.807) is 18.2 Å². The van der Waals surface area contributed by atoms with Gasteiger partial charge in [-0.25, -0.2) is 0 Å². The first-order chi connectivity index (χ1) is 7.02. The lowest BCUT2D eigenvalue weighted by Crippen LogP contribution is -2.04. The molecule has 0 aliphatic carbocycles. The van der Waals surface area contributed by atoms with Gasteiger partial charge in [0, 0.05) is 6.92 Å². The third-order valence-electron chi connectivity index (χ3n) is 1.52. The van der Waals surface area contributed by atoms with Gasteiger partial charge in [0.05, 0.1) is 15.7 Å².